The second-order valence-electron chi connectivity index (χ2n) is 6.81. The first-order valence-electron chi connectivity index (χ1n) is 9.25. The Balaban J connectivity index is 1.93. The molecule has 0 spiro atoms. The van der Waals surface area contributed by atoms with Crippen molar-refractivity contribution in [3.8, 4) is 29.1 Å². The van der Waals surface area contributed by atoms with Crippen molar-refractivity contribution in [2.45, 2.75) is 12.6 Å². The Bertz CT molecular complexity index is 1090. The number of halogens is 3. The van der Waals surface area contributed by atoms with Gasteiger partial charge in [-0.1, -0.05) is 0 Å². The summed E-state index contributed by atoms with van der Waals surface area (Å²) in [7, 11) is 2.84. The van der Waals surface area contributed by atoms with E-state index >= 15 is 0 Å². The molecule has 0 aliphatic heterocycles. The van der Waals surface area contributed by atoms with E-state index in [2.05, 4.69) is 15.1 Å². The Hall–Kier alpha value is -3.65. The molecule has 2 N–H and O–H groups in total. The van der Waals surface area contributed by atoms with Gasteiger partial charge in [0, 0.05) is 32.6 Å². The number of benzene rings is 1. The predicted molar refractivity (Wildman–Crippen MR) is 108 cm³/mol. The van der Waals surface area contributed by atoms with Crippen molar-refractivity contribution < 1.29 is 17.9 Å². The Morgan fingerprint density at radius 2 is 1.94 bits per heavy atom. The number of aromatic nitrogens is 4. The summed E-state index contributed by atoms with van der Waals surface area (Å²) < 4.78 is 45.3. The molecule has 0 saturated carbocycles. The summed E-state index contributed by atoms with van der Waals surface area (Å²) in [6.45, 7) is -0.679. The molecule has 0 radical (unpaired) electrons. The lowest BCUT2D eigenvalue weighted by Crippen LogP contribution is -2.31. The topological polar surface area (TPSA) is 106 Å². The lowest BCUT2D eigenvalue weighted by atomic mass is 10.1. The highest BCUT2D eigenvalue weighted by Crippen LogP contribution is 2.34. The molecule has 0 fully saturated rings. The molecule has 0 atom stereocenters. The largest absolute Gasteiger partial charge is 0.438 e. The molecule has 8 nitrogen and oxygen atoms in total. The fourth-order valence-electron chi connectivity index (χ4n) is 2.83. The van der Waals surface area contributed by atoms with Crippen LogP contribution < -0.4 is 15.4 Å². The molecule has 1 aromatic carbocycles. The predicted octanol–water partition coefficient (Wildman–Crippen LogP) is 3.04. The van der Waals surface area contributed by atoms with Gasteiger partial charge < -0.3 is 15.4 Å². The highest BCUT2D eigenvalue weighted by atomic mass is 19.4. The van der Waals surface area contributed by atoms with Crippen molar-refractivity contribution in [1.29, 1.82) is 5.26 Å². The molecule has 0 bridgehead atoms. The number of hydrogen-bond donors (Lipinski definition) is 1. The molecular weight excluding hydrogens is 411 g/mol. The third-order valence-electron chi connectivity index (χ3n) is 4.34. The first kappa shape index (κ1) is 22.0. The van der Waals surface area contributed by atoms with Crippen LogP contribution in [0, 0.1) is 11.3 Å². The number of aryl methyl sites for hydroxylation is 1. The average molecular weight is 431 g/mol. The van der Waals surface area contributed by atoms with Crippen LogP contribution in [0.4, 0.5) is 19.0 Å². The zero-order chi connectivity index (χ0) is 22.6. The van der Waals surface area contributed by atoms with Gasteiger partial charge in [0.25, 0.3) is 0 Å². The number of nitrogens with two attached hydrogens (primary N) is 1. The Morgan fingerprint density at radius 3 is 2.55 bits per heavy atom. The number of hydrogen-bond acceptors (Lipinski definition) is 7. The van der Waals surface area contributed by atoms with Crippen LogP contribution >= 0.6 is 0 Å². The van der Waals surface area contributed by atoms with Gasteiger partial charge in [-0.2, -0.15) is 23.5 Å². The summed E-state index contributed by atoms with van der Waals surface area (Å²) in [5, 5.41) is 13.3. The second kappa shape index (κ2) is 9.01. The van der Waals surface area contributed by atoms with Crippen molar-refractivity contribution in [3.63, 3.8) is 0 Å². The van der Waals surface area contributed by atoms with Gasteiger partial charge in [0.15, 0.2) is 11.6 Å². The van der Waals surface area contributed by atoms with Crippen molar-refractivity contribution in [2.24, 2.45) is 12.8 Å². The minimum atomic E-state index is -4.37. The molecular formula is C20H20F3N7O. The maximum atomic E-state index is 12.7. The van der Waals surface area contributed by atoms with E-state index in [0.29, 0.717) is 29.9 Å². The molecule has 3 aromatic rings. The lowest BCUT2D eigenvalue weighted by Gasteiger charge is -2.17. The van der Waals surface area contributed by atoms with Crippen LogP contribution in [0.2, 0.25) is 0 Å². The number of nitriles is 1. The highest BCUT2D eigenvalue weighted by Gasteiger charge is 2.30. The third-order valence-corrected chi connectivity index (χ3v) is 4.34. The first-order valence-corrected chi connectivity index (χ1v) is 9.25. The van der Waals surface area contributed by atoms with Crippen molar-refractivity contribution in [3.05, 3.63) is 47.8 Å². The van der Waals surface area contributed by atoms with E-state index in [-0.39, 0.29) is 17.4 Å². The highest BCUT2D eigenvalue weighted by molar-refractivity contribution is 5.66. The molecule has 0 saturated heterocycles. The Labute approximate surface area is 176 Å². The van der Waals surface area contributed by atoms with Gasteiger partial charge in [0.1, 0.15) is 12.3 Å². The van der Waals surface area contributed by atoms with Crippen LogP contribution in [-0.4, -0.2) is 46.1 Å². The SMILES string of the molecule is CN(CC(F)(F)F)c1cc(Oc2cc(C#N)ccc2-c2ncc(CCN)cn2)n(C)n1. The van der Waals surface area contributed by atoms with Gasteiger partial charge in [0.05, 0.1) is 17.2 Å². The van der Waals surface area contributed by atoms with E-state index in [1.165, 1.54) is 23.9 Å². The number of rotatable bonds is 7. The summed E-state index contributed by atoms with van der Waals surface area (Å²) in [6.07, 6.45) is -0.411. The molecule has 11 heteroatoms. The monoisotopic (exact) mass is 431 g/mol. The average Bonchev–Trinajstić information content (AvgIpc) is 3.08. The van der Waals surface area contributed by atoms with Gasteiger partial charge in [-0.3, -0.25) is 0 Å². The molecule has 0 unspecified atom stereocenters. The van der Waals surface area contributed by atoms with E-state index in [9.17, 15) is 18.4 Å². The van der Waals surface area contributed by atoms with Crippen LogP contribution in [0.15, 0.2) is 36.7 Å². The van der Waals surface area contributed by atoms with Crippen LogP contribution in [0.25, 0.3) is 11.4 Å². The van der Waals surface area contributed by atoms with Crippen LogP contribution in [0.1, 0.15) is 11.1 Å². The molecule has 0 aliphatic rings. The van der Waals surface area contributed by atoms with Crippen molar-refractivity contribution >= 4 is 5.82 Å². The van der Waals surface area contributed by atoms with Crippen LogP contribution in [-0.2, 0) is 13.5 Å². The number of alkyl halides is 3. The fourth-order valence-corrected chi connectivity index (χ4v) is 2.83. The summed E-state index contributed by atoms with van der Waals surface area (Å²) in [5.41, 5.74) is 7.28. The minimum absolute atomic E-state index is 0.0928. The molecule has 2 aromatic heterocycles. The minimum Gasteiger partial charge on any atom is -0.438 e. The van der Waals surface area contributed by atoms with E-state index in [0.717, 1.165) is 10.5 Å². The Morgan fingerprint density at radius 1 is 1.23 bits per heavy atom. The second-order valence-corrected chi connectivity index (χ2v) is 6.81. The van der Waals surface area contributed by atoms with Crippen LogP contribution in [0.3, 0.4) is 0 Å². The van der Waals surface area contributed by atoms with E-state index in [4.69, 9.17) is 10.5 Å². The molecule has 2 heterocycles. The van der Waals surface area contributed by atoms with Gasteiger partial charge in [-0.15, -0.1) is 0 Å². The zero-order valence-corrected chi connectivity index (χ0v) is 16.9. The molecule has 0 aliphatic carbocycles. The number of nitrogens with zero attached hydrogens (tertiary/aromatic N) is 6. The summed E-state index contributed by atoms with van der Waals surface area (Å²) in [5.74, 6) is 0.936. The molecule has 3 rings (SSSR count). The zero-order valence-electron chi connectivity index (χ0n) is 16.9. The summed E-state index contributed by atoms with van der Waals surface area (Å²) >= 11 is 0. The van der Waals surface area contributed by atoms with Crippen molar-refractivity contribution in [2.75, 3.05) is 25.0 Å². The van der Waals surface area contributed by atoms with E-state index in [1.807, 2.05) is 6.07 Å². The normalized spacial score (nSPS) is 11.3. The summed E-state index contributed by atoms with van der Waals surface area (Å²) in [4.78, 5) is 9.64. The standard InChI is InChI=1S/C20H20F3N7O/c1-29(12-20(21,22)23)17-8-18(30(2)28-17)31-16-7-13(9-25)3-4-15(16)19-26-10-14(5-6-24)11-27-19/h3-4,7-8,10-11H,5-6,12,24H2,1-2H3. The maximum Gasteiger partial charge on any atom is 0.405 e. The molecule has 0 amide bonds. The first-order chi connectivity index (χ1) is 14.7. The van der Waals surface area contributed by atoms with E-state index < -0.39 is 12.7 Å². The molecule has 31 heavy (non-hydrogen) atoms. The fraction of sp³-hybridized carbons (Fsp3) is 0.300. The van der Waals surface area contributed by atoms with Gasteiger partial charge in [0.2, 0.25) is 5.88 Å². The smallest absolute Gasteiger partial charge is 0.405 e. The summed E-state index contributed by atoms with van der Waals surface area (Å²) in [6, 6.07) is 8.19. The van der Waals surface area contributed by atoms with E-state index in [1.54, 1.807) is 31.6 Å². The number of anilines is 1. The maximum absolute atomic E-state index is 12.7. The molecule has 162 valence electrons. The number of ether oxygens (including phenoxy) is 1. The van der Waals surface area contributed by atoms with Gasteiger partial charge in [-0.25, -0.2) is 14.6 Å². The van der Waals surface area contributed by atoms with Crippen LogP contribution in [0.5, 0.6) is 11.6 Å². The third kappa shape index (κ3) is 5.49. The quantitative estimate of drug-likeness (QED) is 0.613. The van der Waals surface area contributed by atoms with Gasteiger partial charge in [-0.05, 0) is 36.7 Å². The Kier molecular flexibility index (Phi) is 6.41. The van der Waals surface area contributed by atoms with Gasteiger partial charge >= 0.3 is 6.18 Å². The van der Waals surface area contributed by atoms with Crippen molar-refractivity contribution in [1.82, 2.24) is 19.7 Å². The lowest BCUT2D eigenvalue weighted by molar-refractivity contribution is -0.119.